The zero-order valence-electron chi connectivity index (χ0n) is 17.6. The number of nitrogens with zero attached hydrogens (tertiary/aromatic N) is 1. The lowest BCUT2D eigenvalue weighted by Gasteiger charge is -2.20. The van der Waals surface area contributed by atoms with Gasteiger partial charge in [0.15, 0.2) is 0 Å². The minimum absolute atomic E-state index is 0.0193. The van der Waals surface area contributed by atoms with Crippen LogP contribution in [0.1, 0.15) is 23.2 Å². The van der Waals surface area contributed by atoms with Crippen LogP contribution in [0.3, 0.4) is 0 Å². The fourth-order valence-electron chi connectivity index (χ4n) is 3.66. The third-order valence-corrected chi connectivity index (χ3v) is 7.52. The molecular formula is C22H21ClFN3O5S. The molecule has 1 atom stereocenters. The lowest BCUT2D eigenvalue weighted by molar-refractivity contribution is 0.0857. The number of fused-ring (bicyclic) bond motifs is 1. The number of sulfonamides is 1. The summed E-state index contributed by atoms with van der Waals surface area (Å²) in [5.41, 5.74) is -0.608. The van der Waals surface area contributed by atoms with Crippen LogP contribution in [-0.4, -0.2) is 45.6 Å². The molecule has 0 saturated carbocycles. The monoisotopic (exact) mass is 493 g/mol. The van der Waals surface area contributed by atoms with Gasteiger partial charge in [-0.25, -0.2) is 12.8 Å². The molecule has 2 aromatic carbocycles. The highest BCUT2D eigenvalue weighted by Crippen LogP contribution is 2.27. The van der Waals surface area contributed by atoms with E-state index in [4.69, 9.17) is 16.3 Å². The van der Waals surface area contributed by atoms with Crippen molar-refractivity contribution in [3.8, 4) is 0 Å². The molecule has 0 bridgehead atoms. The topological polar surface area (TPSA) is 109 Å². The number of halogens is 2. The van der Waals surface area contributed by atoms with E-state index < -0.39 is 27.2 Å². The van der Waals surface area contributed by atoms with E-state index in [1.807, 2.05) is 0 Å². The number of hydrogen-bond acceptors (Lipinski definition) is 5. The van der Waals surface area contributed by atoms with Crippen molar-refractivity contribution in [2.75, 3.05) is 24.5 Å². The summed E-state index contributed by atoms with van der Waals surface area (Å²) in [7, 11) is -3.01. The van der Waals surface area contributed by atoms with Crippen molar-refractivity contribution >= 4 is 44.1 Å². The second kappa shape index (κ2) is 9.12. The SMILES string of the molecule is CN(c1ccc(Cl)cc1F)S(=O)(=O)c1ccc2[nH]cc(C(=O)NCC3CCCO3)c(=O)c2c1. The second-order valence-corrected chi connectivity index (χ2v) is 10.1. The van der Waals surface area contributed by atoms with Gasteiger partial charge in [0.2, 0.25) is 5.43 Å². The molecule has 33 heavy (non-hydrogen) atoms. The molecule has 174 valence electrons. The van der Waals surface area contributed by atoms with Gasteiger partial charge in [0.25, 0.3) is 15.9 Å². The number of rotatable bonds is 6. The van der Waals surface area contributed by atoms with Crippen molar-refractivity contribution in [3.63, 3.8) is 0 Å². The molecule has 2 N–H and O–H groups in total. The Morgan fingerprint density at radius 3 is 2.79 bits per heavy atom. The number of aromatic amines is 1. The first-order chi connectivity index (χ1) is 15.7. The highest BCUT2D eigenvalue weighted by Gasteiger charge is 2.25. The van der Waals surface area contributed by atoms with Gasteiger partial charge in [-0.05, 0) is 49.2 Å². The molecule has 1 aliphatic heterocycles. The first-order valence-electron chi connectivity index (χ1n) is 10.2. The Labute approximate surface area is 194 Å². The highest BCUT2D eigenvalue weighted by molar-refractivity contribution is 7.92. The molecule has 1 aliphatic rings. The van der Waals surface area contributed by atoms with Gasteiger partial charge in [-0.3, -0.25) is 13.9 Å². The summed E-state index contributed by atoms with van der Waals surface area (Å²) in [5, 5.41) is 2.83. The predicted octanol–water partition coefficient (Wildman–Crippen LogP) is 3.05. The van der Waals surface area contributed by atoms with Gasteiger partial charge in [-0.1, -0.05) is 11.6 Å². The van der Waals surface area contributed by atoms with Crippen molar-refractivity contribution in [3.05, 3.63) is 69.2 Å². The third-order valence-electron chi connectivity index (χ3n) is 5.52. The zero-order chi connectivity index (χ0) is 23.8. The summed E-state index contributed by atoms with van der Waals surface area (Å²) in [5.74, 6) is -1.39. The van der Waals surface area contributed by atoms with E-state index in [9.17, 15) is 22.4 Å². The molecule has 2 heterocycles. The van der Waals surface area contributed by atoms with E-state index in [2.05, 4.69) is 10.3 Å². The van der Waals surface area contributed by atoms with E-state index in [1.165, 1.54) is 43.6 Å². The van der Waals surface area contributed by atoms with Gasteiger partial charge in [0, 0.05) is 42.3 Å². The van der Waals surface area contributed by atoms with Crippen LogP contribution < -0.4 is 15.1 Å². The van der Waals surface area contributed by atoms with E-state index in [-0.39, 0.29) is 39.2 Å². The van der Waals surface area contributed by atoms with Crippen LogP contribution in [0.4, 0.5) is 10.1 Å². The quantitative estimate of drug-likeness (QED) is 0.548. The summed E-state index contributed by atoms with van der Waals surface area (Å²) in [4.78, 5) is 28.1. The average Bonchev–Trinajstić information content (AvgIpc) is 3.31. The molecule has 0 spiro atoms. The number of carbonyl (C=O) groups excluding carboxylic acids is 1. The number of anilines is 1. The molecule has 4 rings (SSSR count). The number of amides is 1. The lowest BCUT2D eigenvalue weighted by Crippen LogP contribution is -2.34. The Balaban J connectivity index is 1.67. The summed E-state index contributed by atoms with van der Waals surface area (Å²) in [6.07, 6.45) is 2.95. The smallest absolute Gasteiger partial charge is 0.264 e. The van der Waals surface area contributed by atoms with Crippen molar-refractivity contribution < 1.29 is 22.3 Å². The average molecular weight is 494 g/mol. The van der Waals surface area contributed by atoms with Gasteiger partial charge < -0.3 is 15.0 Å². The van der Waals surface area contributed by atoms with Gasteiger partial charge in [-0.15, -0.1) is 0 Å². The molecule has 3 aromatic rings. The third kappa shape index (κ3) is 4.59. The first kappa shape index (κ1) is 23.2. The van der Waals surface area contributed by atoms with Crippen molar-refractivity contribution in [1.29, 1.82) is 0 Å². The molecule has 1 aromatic heterocycles. The number of nitrogens with one attached hydrogen (secondary N) is 2. The molecule has 1 unspecified atom stereocenters. The van der Waals surface area contributed by atoms with Crippen LogP contribution in [0.25, 0.3) is 10.9 Å². The standard InChI is InChI=1S/C22H21ClFN3O5S/c1-27(20-7-4-13(23)9-18(20)24)33(30,31)15-5-6-19-16(10-15)21(28)17(12-25-19)22(29)26-11-14-3-2-8-32-14/h4-7,9-10,12,14H,2-3,8,11H2,1H3,(H,25,28)(H,26,29). The van der Waals surface area contributed by atoms with E-state index in [0.717, 1.165) is 23.2 Å². The summed E-state index contributed by atoms with van der Waals surface area (Å²) >= 11 is 5.75. The predicted molar refractivity (Wildman–Crippen MR) is 123 cm³/mol. The van der Waals surface area contributed by atoms with Crippen LogP contribution in [0.15, 0.2) is 52.3 Å². The van der Waals surface area contributed by atoms with Crippen LogP contribution >= 0.6 is 11.6 Å². The Morgan fingerprint density at radius 1 is 1.30 bits per heavy atom. The molecule has 1 amide bonds. The van der Waals surface area contributed by atoms with Crippen LogP contribution in [0, 0.1) is 5.82 Å². The van der Waals surface area contributed by atoms with E-state index in [0.29, 0.717) is 12.1 Å². The number of hydrogen-bond donors (Lipinski definition) is 2. The molecule has 8 nitrogen and oxygen atoms in total. The van der Waals surface area contributed by atoms with Crippen molar-refractivity contribution in [2.24, 2.45) is 0 Å². The van der Waals surface area contributed by atoms with Gasteiger partial charge >= 0.3 is 0 Å². The largest absolute Gasteiger partial charge is 0.376 e. The van der Waals surface area contributed by atoms with Crippen LogP contribution in [-0.2, 0) is 14.8 Å². The van der Waals surface area contributed by atoms with Gasteiger partial charge in [-0.2, -0.15) is 0 Å². The van der Waals surface area contributed by atoms with Crippen LogP contribution in [0.5, 0.6) is 0 Å². The number of benzene rings is 2. The Hall–Kier alpha value is -2.95. The van der Waals surface area contributed by atoms with Crippen molar-refractivity contribution in [1.82, 2.24) is 10.3 Å². The minimum atomic E-state index is -4.21. The summed E-state index contributed by atoms with van der Waals surface area (Å²) in [6, 6.07) is 7.52. The molecule has 0 aliphatic carbocycles. The van der Waals surface area contributed by atoms with E-state index in [1.54, 1.807) is 0 Å². The second-order valence-electron chi connectivity index (χ2n) is 7.65. The number of H-pyrrole nitrogens is 1. The molecule has 1 fully saturated rings. The fraction of sp³-hybridized carbons (Fsp3) is 0.273. The molecule has 0 radical (unpaired) electrons. The summed E-state index contributed by atoms with van der Waals surface area (Å²) < 4.78 is 46.7. The maximum Gasteiger partial charge on any atom is 0.264 e. The van der Waals surface area contributed by atoms with Gasteiger partial charge in [0.1, 0.15) is 11.4 Å². The number of carbonyl (C=O) groups is 1. The molecule has 11 heteroatoms. The van der Waals surface area contributed by atoms with Crippen LogP contribution in [0.2, 0.25) is 5.02 Å². The zero-order valence-corrected chi connectivity index (χ0v) is 19.2. The summed E-state index contributed by atoms with van der Waals surface area (Å²) in [6.45, 7) is 0.922. The maximum atomic E-state index is 14.3. The number of aromatic nitrogens is 1. The normalized spacial score (nSPS) is 16.2. The molecule has 1 saturated heterocycles. The Morgan fingerprint density at radius 2 is 2.09 bits per heavy atom. The van der Waals surface area contributed by atoms with Crippen molar-refractivity contribution in [2.45, 2.75) is 23.8 Å². The minimum Gasteiger partial charge on any atom is -0.376 e. The Bertz CT molecular complexity index is 1390. The van der Waals surface area contributed by atoms with E-state index >= 15 is 0 Å². The highest BCUT2D eigenvalue weighted by atomic mass is 35.5. The Kier molecular flexibility index (Phi) is 6.42. The number of pyridine rings is 1. The molecular weight excluding hydrogens is 473 g/mol. The maximum absolute atomic E-state index is 14.3. The fourth-order valence-corrected chi connectivity index (χ4v) is 5.05. The number of ether oxygens (including phenoxy) is 1. The van der Waals surface area contributed by atoms with Gasteiger partial charge in [0.05, 0.1) is 16.7 Å². The lowest BCUT2D eigenvalue weighted by atomic mass is 10.1. The first-order valence-corrected chi connectivity index (χ1v) is 12.0.